The monoisotopic (exact) mass is 246 g/mol. The zero-order valence-electron chi connectivity index (χ0n) is 11.7. The zero-order chi connectivity index (χ0) is 13.3. The van der Waals surface area contributed by atoms with Crippen LogP contribution in [0.1, 0.15) is 27.8 Å². The van der Waals surface area contributed by atoms with Gasteiger partial charge < -0.3 is 10.6 Å². The molecule has 0 saturated carbocycles. The fraction of sp³-hybridized carbons (Fsp3) is 0.533. The summed E-state index contributed by atoms with van der Waals surface area (Å²) in [5.41, 5.74) is 6.46. The topological polar surface area (TPSA) is 41.1 Å². The molecule has 3 nitrogen and oxygen atoms in total. The van der Waals surface area contributed by atoms with Crippen molar-refractivity contribution in [1.82, 2.24) is 10.6 Å². The highest BCUT2D eigenvalue weighted by molar-refractivity contribution is 5.80. The molecule has 98 valence electrons. The molecule has 0 aromatic heterocycles. The van der Waals surface area contributed by atoms with Gasteiger partial charge in [0.2, 0.25) is 5.91 Å². The number of nitrogens with one attached hydrogen (secondary N) is 2. The smallest absolute Gasteiger partial charge is 0.225 e. The molecule has 1 saturated heterocycles. The van der Waals surface area contributed by atoms with Crippen LogP contribution in [0.2, 0.25) is 0 Å². The molecule has 0 atom stereocenters. The number of aryl methyl sites for hydroxylation is 2. The van der Waals surface area contributed by atoms with Crippen molar-refractivity contribution >= 4 is 5.91 Å². The van der Waals surface area contributed by atoms with E-state index in [4.69, 9.17) is 0 Å². The highest BCUT2D eigenvalue weighted by Crippen LogP contribution is 2.21. The summed E-state index contributed by atoms with van der Waals surface area (Å²) < 4.78 is 0. The van der Waals surface area contributed by atoms with E-state index in [0.29, 0.717) is 6.54 Å². The number of carbonyl (C=O) groups is 1. The van der Waals surface area contributed by atoms with Gasteiger partial charge in [0.15, 0.2) is 0 Å². The minimum absolute atomic E-state index is 0.163. The SMILES string of the molecule is Cc1cc(C)c(C)c(CNC(=O)C2CNC2)c1C. The molecule has 0 aliphatic carbocycles. The summed E-state index contributed by atoms with van der Waals surface area (Å²) in [4.78, 5) is 11.8. The Labute approximate surface area is 109 Å². The van der Waals surface area contributed by atoms with E-state index in [0.717, 1.165) is 13.1 Å². The van der Waals surface area contributed by atoms with Crippen LogP contribution in [-0.2, 0) is 11.3 Å². The minimum atomic E-state index is 0.163. The van der Waals surface area contributed by atoms with Crippen LogP contribution in [0.25, 0.3) is 0 Å². The molecule has 1 aliphatic heterocycles. The maximum absolute atomic E-state index is 11.8. The maximum Gasteiger partial charge on any atom is 0.225 e. The maximum atomic E-state index is 11.8. The molecule has 0 unspecified atom stereocenters. The molecule has 0 spiro atoms. The third-order valence-corrected chi connectivity index (χ3v) is 4.11. The number of hydrogen-bond acceptors (Lipinski definition) is 2. The zero-order valence-corrected chi connectivity index (χ0v) is 11.7. The van der Waals surface area contributed by atoms with E-state index < -0.39 is 0 Å². The van der Waals surface area contributed by atoms with Crippen LogP contribution in [0, 0.1) is 33.6 Å². The van der Waals surface area contributed by atoms with Crippen molar-refractivity contribution in [2.75, 3.05) is 13.1 Å². The van der Waals surface area contributed by atoms with Crippen molar-refractivity contribution in [3.8, 4) is 0 Å². The molecule has 3 heteroatoms. The Morgan fingerprint density at radius 2 is 1.78 bits per heavy atom. The van der Waals surface area contributed by atoms with Gasteiger partial charge in [0.25, 0.3) is 0 Å². The van der Waals surface area contributed by atoms with Crippen LogP contribution in [0.4, 0.5) is 0 Å². The minimum Gasteiger partial charge on any atom is -0.352 e. The Morgan fingerprint density at radius 3 is 2.22 bits per heavy atom. The molecule has 1 fully saturated rings. The fourth-order valence-electron chi connectivity index (χ4n) is 2.36. The first-order valence-electron chi connectivity index (χ1n) is 6.55. The van der Waals surface area contributed by atoms with E-state index in [1.807, 2.05) is 0 Å². The van der Waals surface area contributed by atoms with Crippen LogP contribution >= 0.6 is 0 Å². The summed E-state index contributed by atoms with van der Waals surface area (Å²) in [5, 5.41) is 6.18. The number of hydrogen-bond donors (Lipinski definition) is 2. The highest BCUT2D eigenvalue weighted by atomic mass is 16.2. The molecule has 1 aromatic carbocycles. The average Bonchev–Trinajstić information content (AvgIpc) is 2.24. The first kappa shape index (κ1) is 13.1. The number of rotatable bonds is 3. The Balaban J connectivity index is 2.11. The van der Waals surface area contributed by atoms with Crippen molar-refractivity contribution in [2.24, 2.45) is 5.92 Å². The molecule has 1 aliphatic rings. The van der Waals surface area contributed by atoms with E-state index in [2.05, 4.69) is 44.4 Å². The third-order valence-electron chi connectivity index (χ3n) is 4.11. The van der Waals surface area contributed by atoms with Gasteiger partial charge in [-0.05, 0) is 55.5 Å². The molecule has 0 radical (unpaired) electrons. The third kappa shape index (κ3) is 2.41. The largest absolute Gasteiger partial charge is 0.352 e. The lowest BCUT2D eigenvalue weighted by molar-refractivity contribution is -0.126. The van der Waals surface area contributed by atoms with Gasteiger partial charge in [-0.15, -0.1) is 0 Å². The number of carbonyl (C=O) groups excluding carboxylic acids is 1. The van der Waals surface area contributed by atoms with Gasteiger partial charge in [-0.25, -0.2) is 0 Å². The molecule has 1 aromatic rings. The lowest BCUT2D eigenvalue weighted by Gasteiger charge is -2.26. The summed E-state index contributed by atoms with van der Waals surface area (Å²) in [6.45, 7) is 10.8. The van der Waals surface area contributed by atoms with E-state index >= 15 is 0 Å². The van der Waals surface area contributed by atoms with E-state index in [-0.39, 0.29) is 11.8 Å². The summed E-state index contributed by atoms with van der Waals surface area (Å²) in [5.74, 6) is 0.336. The number of benzene rings is 1. The molecule has 1 heterocycles. The second-order valence-electron chi connectivity index (χ2n) is 5.31. The lowest BCUT2D eigenvalue weighted by Crippen LogP contribution is -2.50. The summed E-state index contributed by atoms with van der Waals surface area (Å²) >= 11 is 0. The summed E-state index contributed by atoms with van der Waals surface area (Å²) in [7, 11) is 0. The van der Waals surface area contributed by atoms with Crippen LogP contribution in [0.3, 0.4) is 0 Å². The molecule has 2 N–H and O–H groups in total. The first-order chi connectivity index (χ1) is 8.50. The van der Waals surface area contributed by atoms with E-state index in [9.17, 15) is 4.79 Å². The second-order valence-corrected chi connectivity index (χ2v) is 5.31. The highest BCUT2D eigenvalue weighted by Gasteiger charge is 2.24. The van der Waals surface area contributed by atoms with Crippen molar-refractivity contribution in [3.05, 3.63) is 33.9 Å². The fourth-order valence-corrected chi connectivity index (χ4v) is 2.36. The molecule has 18 heavy (non-hydrogen) atoms. The van der Waals surface area contributed by atoms with Gasteiger partial charge in [0.1, 0.15) is 0 Å². The van der Waals surface area contributed by atoms with Gasteiger partial charge >= 0.3 is 0 Å². The Morgan fingerprint density at radius 1 is 1.22 bits per heavy atom. The van der Waals surface area contributed by atoms with Gasteiger partial charge in [-0.2, -0.15) is 0 Å². The van der Waals surface area contributed by atoms with Gasteiger partial charge in [-0.1, -0.05) is 6.07 Å². The average molecular weight is 246 g/mol. The Kier molecular flexibility index (Phi) is 3.71. The lowest BCUT2D eigenvalue weighted by atomic mass is 9.94. The normalized spacial score (nSPS) is 15.3. The molecular formula is C15H22N2O. The molecular weight excluding hydrogens is 224 g/mol. The molecule has 2 rings (SSSR count). The van der Waals surface area contributed by atoms with Crippen LogP contribution in [-0.4, -0.2) is 19.0 Å². The van der Waals surface area contributed by atoms with Crippen molar-refractivity contribution in [3.63, 3.8) is 0 Å². The van der Waals surface area contributed by atoms with E-state index in [1.54, 1.807) is 0 Å². The van der Waals surface area contributed by atoms with Gasteiger partial charge in [-0.3, -0.25) is 4.79 Å². The standard InChI is InChI=1S/C15H22N2O/c1-9-5-10(2)12(4)14(11(9)3)8-17-15(18)13-6-16-7-13/h5,13,16H,6-8H2,1-4H3,(H,17,18). The quantitative estimate of drug-likeness (QED) is 0.853. The predicted octanol–water partition coefficient (Wildman–Crippen LogP) is 1.76. The second kappa shape index (κ2) is 5.11. The Hall–Kier alpha value is -1.35. The van der Waals surface area contributed by atoms with E-state index in [1.165, 1.54) is 27.8 Å². The molecule has 1 amide bonds. The molecule has 0 bridgehead atoms. The van der Waals surface area contributed by atoms with Crippen LogP contribution < -0.4 is 10.6 Å². The predicted molar refractivity (Wildman–Crippen MR) is 73.6 cm³/mol. The van der Waals surface area contributed by atoms with Crippen molar-refractivity contribution < 1.29 is 4.79 Å². The van der Waals surface area contributed by atoms with Crippen LogP contribution in [0.5, 0.6) is 0 Å². The van der Waals surface area contributed by atoms with Crippen molar-refractivity contribution in [2.45, 2.75) is 34.2 Å². The van der Waals surface area contributed by atoms with Gasteiger partial charge in [0, 0.05) is 19.6 Å². The summed E-state index contributed by atoms with van der Waals surface area (Å²) in [6.07, 6.45) is 0. The first-order valence-corrected chi connectivity index (χ1v) is 6.55. The Bertz CT molecular complexity index is 450. The summed E-state index contributed by atoms with van der Waals surface area (Å²) in [6, 6.07) is 2.21. The van der Waals surface area contributed by atoms with Crippen LogP contribution in [0.15, 0.2) is 6.07 Å². The number of amides is 1. The van der Waals surface area contributed by atoms with Gasteiger partial charge in [0.05, 0.1) is 5.92 Å². The van der Waals surface area contributed by atoms with Crippen molar-refractivity contribution in [1.29, 1.82) is 0 Å².